The number of nitrogens with two attached hydrogens (primary N) is 1. The van der Waals surface area contributed by atoms with Crippen molar-refractivity contribution in [1.29, 1.82) is 0 Å². The zero-order chi connectivity index (χ0) is 10.4. The lowest BCUT2D eigenvalue weighted by Crippen LogP contribution is -1.90. The molecule has 0 saturated carbocycles. The highest BCUT2D eigenvalue weighted by molar-refractivity contribution is 9.21. The molecular weight excluding hydrogens is 254 g/mol. The van der Waals surface area contributed by atoms with Crippen molar-refractivity contribution in [2.75, 3.05) is 0 Å². The molecule has 0 amide bonds. The van der Waals surface area contributed by atoms with E-state index in [4.69, 9.17) is 14.3 Å². The lowest BCUT2D eigenvalue weighted by atomic mass is 13.6. The Morgan fingerprint density at radius 2 is 1.00 bits per heavy atom. The fourth-order valence-corrected chi connectivity index (χ4v) is 5.69. The molecule has 0 heterocycles. The first-order valence-electron chi connectivity index (χ1n) is 1.79. The maximum Gasteiger partial charge on any atom is 0.330 e. The molecular formula is H5NO7S4. The van der Waals surface area contributed by atoms with Crippen molar-refractivity contribution in [2.24, 2.45) is 5.90 Å². The molecule has 0 spiro atoms. The van der Waals surface area contributed by atoms with Crippen molar-refractivity contribution in [3.63, 3.8) is 0 Å². The average molecular weight is 259 g/mol. The first-order valence-corrected chi connectivity index (χ1v) is 7.85. The molecule has 5 N–H and O–H groups in total. The van der Waals surface area contributed by atoms with Crippen molar-refractivity contribution in [2.45, 2.75) is 0 Å². The van der Waals surface area contributed by atoms with Crippen LogP contribution >= 0.6 is 19.7 Å². The van der Waals surface area contributed by atoms with Crippen molar-refractivity contribution >= 4 is 38.0 Å². The molecule has 0 radical (unpaired) electrons. The SMILES string of the molecule is NO.O=S(=O)(O)SSS(=O)(=O)O. The van der Waals surface area contributed by atoms with Crippen LogP contribution < -0.4 is 5.90 Å². The standard InChI is InChI=1S/H3NO.H2O6S4/c1-2;1-9(2,3)7-8-10(4,5)6/h2H,1H2;(H,1,2,3)(H,4,5,6). The minimum Gasteiger partial charge on any atom is -0.320 e. The van der Waals surface area contributed by atoms with Crippen LogP contribution in [0.25, 0.3) is 0 Å². The molecule has 8 nitrogen and oxygen atoms in total. The Morgan fingerprint density at radius 1 is 0.833 bits per heavy atom. The van der Waals surface area contributed by atoms with E-state index in [9.17, 15) is 16.8 Å². The molecule has 0 aromatic heterocycles. The molecule has 0 saturated heterocycles. The normalized spacial score (nSPS) is 11.7. The van der Waals surface area contributed by atoms with E-state index in [2.05, 4.69) is 5.90 Å². The quantitative estimate of drug-likeness (QED) is 0.290. The van der Waals surface area contributed by atoms with Crippen LogP contribution in [0.2, 0.25) is 0 Å². The van der Waals surface area contributed by atoms with Gasteiger partial charge in [0.25, 0.3) is 0 Å². The van der Waals surface area contributed by atoms with E-state index in [0.717, 1.165) is 0 Å². The first kappa shape index (κ1) is 14.9. The van der Waals surface area contributed by atoms with Gasteiger partial charge >= 0.3 is 18.3 Å². The van der Waals surface area contributed by atoms with E-state index in [1.165, 1.54) is 0 Å². The second-order valence-electron chi connectivity index (χ2n) is 0.992. The molecule has 0 rings (SSSR count). The summed E-state index contributed by atoms with van der Waals surface area (Å²) in [7, 11) is -9.54. The maximum atomic E-state index is 9.80. The van der Waals surface area contributed by atoms with Gasteiger partial charge in [0, 0.05) is 0 Å². The van der Waals surface area contributed by atoms with Gasteiger partial charge in [0.15, 0.2) is 0 Å². The Hall–Kier alpha value is 0.440. The third kappa shape index (κ3) is 16.8. The van der Waals surface area contributed by atoms with E-state index in [1.807, 2.05) is 0 Å². The van der Waals surface area contributed by atoms with Crippen LogP contribution in [0.4, 0.5) is 0 Å². The van der Waals surface area contributed by atoms with Crippen LogP contribution in [-0.2, 0) is 18.3 Å². The van der Waals surface area contributed by atoms with Gasteiger partial charge in [-0.3, -0.25) is 9.11 Å². The van der Waals surface area contributed by atoms with Crippen LogP contribution in [-0.4, -0.2) is 31.1 Å². The second-order valence-corrected chi connectivity index (χ2v) is 8.77. The first-order chi connectivity index (χ1) is 5.21. The van der Waals surface area contributed by atoms with E-state index in [0.29, 0.717) is 0 Å². The van der Waals surface area contributed by atoms with Gasteiger partial charge in [-0.1, -0.05) is 0 Å². The third-order valence-electron chi connectivity index (χ3n) is 0.200. The Morgan fingerprint density at radius 3 is 1.08 bits per heavy atom. The van der Waals surface area contributed by atoms with Gasteiger partial charge in [0.1, 0.15) is 0 Å². The molecule has 0 aliphatic carbocycles. The number of hydrogen-bond donors (Lipinski definition) is 4. The van der Waals surface area contributed by atoms with Gasteiger partial charge in [-0.05, 0) is 0 Å². The lowest BCUT2D eigenvalue weighted by molar-refractivity contribution is 0.311. The summed E-state index contributed by atoms with van der Waals surface area (Å²) < 4.78 is 55.0. The van der Waals surface area contributed by atoms with Crippen LogP contribution in [0.1, 0.15) is 0 Å². The van der Waals surface area contributed by atoms with Crippen molar-refractivity contribution in [1.82, 2.24) is 0 Å². The van der Waals surface area contributed by atoms with E-state index >= 15 is 0 Å². The molecule has 76 valence electrons. The minimum absolute atomic E-state index is 0.353. The summed E-state index contributed by atoms with van der Waals surface area (Å²) in [5.74, 6) is 3.50. The van der Waals surface area contributed by atoms with Gasteiger partial charge in [-0.2, -0.15) is 16.8 Å². The third-order valence-corrected chi connectivity index (χ3v) is 6.89. The predicted octanol–water partition coefficient (Wildman–Crippen LogP) is -0.692. The van der Waals surface area contributed by atoms with Gasteiger partial charge in [0.05, 0.1) is 19.7 Å². The summed E-state index contributed by atoms with van der Waals surface area (Å²) in [4.78, 5) is 0. The van der Waals surface area contributed by atoms with Crippen LogP contribution in [0.5, 0.6) is 0 Å². The fraction of sp³-hybridized carbons (Fsp3) is 0. The van der Waals surface area contributed by atoms with E-state index in [-0.39, 0.29) is 19.7 Å². The summed E-state index contributed by atoms with van der Waals surface area (Å²) in [6, 6.07) is 0. The lowest BCUT2D eigenvalue weighted by Gasteiger charge is -1.89. The zero-order valence-corrected chi connectivity index (χ0v) is 8.45. The van der Waals surface area contributed by atoms with E-state index in [1.54, 1.807) is 0 Å². The van der Waals surface area contributed by atoms with Crippen LogP contribution in [0.15, 0.2) is 0 Å². The molecule has 0 aliphatic rings. The molecule has 12 heteroatoms. The summed E-state index contributed by atoms with van der Waals surface area (Å²) in [5.41, 5.74) is 0. The van der Waals surface area contributed by atoms with Crippen molar-refractivity contribution < 1.29 is 31.1 Å². The topological polar surface area (TPSA) is 155 Å². The highest BCUT2D eigenvalue weighted by atomic mass is 33.7. The molecule has 12 heavy (non-hydrogen) atoms. The summed E-state index contributed by atoms with van der Waals surface area (Å²) in [5, 5.41) is 6.50. The monoisotopic (exact) mass is 259 g/mol. The van der Waals surface area contributed by atoms with Crippen LogP contribution in [0, 0.1) is 0 Å². The molecule has 0 unspecified atom stereocenters. The molecule has 0 atom stereocenters. The maximum absolute atomic E-state index is 9.80. The largest absolute Gasteiger partial charge is 0.330 e. The highest BCUT2D eigenvalue weighted by Crippen LogP contribution is 2.30. The highest BCUT2D eigenvalue weighted by Gasteiger charge is 2.14. The summed E-state index contributed by atoms with van der Waals surface area (Å²) in [6.07, 6.45) is 0. The Balaban J connectivity index is 0. The van der Waals surface area contributed by atoms with Crippen molar-refractivity contribution in [3.8, 4) is 0 Å². The Labute approximate surface area is 75.2 Å². The van der Waals surface area contributed by atoms with Crippen LogP contribution in [0.3, 0.4) is 0 Å². The second kappa shape index (κ2) is 5.98. The van der Waals surface area contributed by atoms with Gasteiger partial charge < -0.3 is 5.21 Å². The van der Waals surface area contributed by atoms with E-state index < -0.39 is 18.3 Å². The Bertz CT molecular complexity index is 251. The molecule has 0 fully saturated rings. The zero-order valence-electron chi connectivity index (χ0n) is 5.18. The number of hydrogen-bond acceptors (Lipinski definition) is 8. The smallest absolute Gasteiger partial charge is 0.320 e. The molecule has 0 aromatic carbocycles. The van der Waals surface area contributed by atoms with Gasteiger partial charge in [0.2, 0.25) is 0 Å². The minimum atomic E-state index is -4.42. The molecule has 0 bridgehead atoms. The average Bonchev–Trinajstić information content (AvgIpc) is 1.86. The molecule has 0 aromatic rings. The predicted molar refractivity (Wildman–Crippen MR) is 44.3 cm³/mol. The summed E-state index contributed by atoms with van der Waals surface area (Å²) in [6.45, 7) is 0. The van der Waals surface area contributed by atoms with Gasteiger partial charge in [-0.25, -0.2) is 5.90 Å². The van der Waals surface area contributed by atoms with Gasteiger partial charge in [-0.15, -0.1) is 0 Å². The van der Waals surface area contributed by atoms with Crippen molar-refractivity contribution in [3.05, 3.63) is 0 Å². The summed E-state index contributed by atoms with van der Waals surface area (Å²) >= 11 is 0. The Kier molecular flexibility index (Phi) is 7.44. The molecule has 0 aliphatic heterocycles. The fourth-order valence-electron chi connectivity index (χ4n) is 0.0702. The number of rotatable bonds is 3.